The van der Waals surface area contributed by atoms with Crippen molar-refractivity contribution in [3.8, 4) is 0 Å². The molecule has 0 atom stereocenters. The number of carbonyl (C=O) groups is 1. The van der Waals surface area contributed by atoms with Gasteiger partial charge in [-0.15, -0.1) is 0 Å². The standard InChI is InChI=1S/C20H25N3O3S/c1-16-6-3-8-18(12-16)14-22-10-5-11-23(27(22,25)26)15-20(24)21-19-9-4-7-17(2)13-19/h3-4,6-9,12-13H,5,10-11,14-15H2,1-2H3,(H,21,24). The van der Waals surface area contributed by atoms with E-state index < -0.39 is 10.2 Å². The lowest BCUT2D eigenvalue weighted by molar-refractivity contribution is -0.116. The van der Waals surface area contributed by atoms with Crippen LogP contribution in [0.4, 0.5) is 5.69 Å². The molecule has 1 amide bonds. The Labute approximate surface area is 161 Å². The number of anilines is 1. The zero-order chi connectivity index (χ0) is 19.4. The number of benzene rings is 2. The fraction of sp³-hybridized carbons (Fsp3) is 0.350. The Morgan fingerprint density at radius 3 is 2.37 bits per heavy atom. The number of carbonyl (C=O) groups excluding carboxylic acids is 1. The van der Waals surface area contributed by atoms with Gasteiger partial charge in [-0.05, 0) is 43.5 Å². The number of rotatable bonds is 5. The summed E-state index contributed by atoms with van der Waals surface area (Å²) in [6.45, 7) is 4.88. The van der Waals surface area contributed by atoms with E-state index in [1.807, 2.05) is 56.3 Å². The number of nitrogens with one attached hydrogen (secondary N) is 1. The Morgan fingerprint density at radius 2 is 1.67 bits per heavy atom. The molecule has 6 nitrogen and oxygen atoms in total. The van der Waals surface area contributed by atoms with Crippen molar-refractivity contribution in [2.45, 2.75) is 26.8 Å². The van der Waals surface area contributed by atoms with Crippen LogP contribution in [-0.4, -0.2) is 42.6 Å². The van der Waals surface area contributed by atoms with Crippen LogP contribution in [-0.2, 0) is 21.5 Å². The van der Waals surface area contributed by atoms with Gasteiger partial charge in [0.15, 0.2) is 0 Å². The molecule has 1 aliphatic heterocycles. The molecule has 1 N–H and O–H groups in total. The molecule has 0 aromatic heterocycles. The predicted molar refractivity (Wildman–Crippen MR) is 107 cm³/mol. The molecule has 1 heterocycles. The first-order valence-electron chi connectivity index (χ1n) is 9.02. The minimum Gasteiger partial charge on any atom is -0.325 e. The van der Waals surface area contributed by atoms with Crippen LogP contribution in [0.2, 0.25) is 0 Å². The van der Waals surface area contributed by atoms with Gasteiger partial charge < -0.3 is 5.32 Å². The van der Waals surface area contributed by atoms with Gasteiger partial charge in [0.1, 0.15) is 0 Å². The second-order valence-electron chi connectivity index (χ2n) is 6.94. The highest BCUT2D eigenvalue weighted by molar-refractivity contribution is 7.86. The van der Waals surface area contributed by atoms with Gasteiger partial charge in [0.2, 0.25) is 5.91 Å². The van der Waals surface area contributed by atoms with Crippen molar-refractivity contribution in [1.29, 1.82) is 0 Å². The quantitative estimate of drug-likeness (QED) is 0.858. The van der Waals surface area contributed by atoms with E-state index in [4.69, 9.17) is 0 Å². The highest BCUT2D eigenvalue weighted by atomic mass is 32.2. The zero-order valence-corrected chi connectivity index (χ0v) is 16.5. The summed E-state index contributed by atoms with van der Waals surface area (Å²) >= 11 is 0. The first-order valence-corrected chi connectivity index (χ1v) is 10.4. The number of aryl methyl sites for hydroxylation is 2. The average molecular weight is 388 g/mol. The molecular formula is C20H25N3O3S. The third-order valence-electron chi connectivity index (χ3n) is 4.53. The molecule has 0 aliphatic carbocycles. The normalized spacial score (nSPS) is 17.6. The van der Waals surface area contributed by atoms with Crippen LogP contribution in [0.15, 0.2) is 48.5 Å². The van der Waals surface area contributed by atoms with Gasteiger partial charge in [-0.1, -0.05) is 42.0 Å². The number of hydrogen-bond donors (Lipinski definition) is 1. The topological polar surface area (TPSA) is 69.7 Å². The Bertz CT molecular complexity index is 928. The monoisotopic (exact) mass is 387 g/mol. The third-order valence-corrected chi connectivity index (χ3v) is 6.46. The summed E-state index contributed by atoms with van der Waals surface area (Å²) in [5.74, 6) is -0.332. The predicted octanol–water partition coefficient (Wildman–Crippen LogP) is 2.69. The van der Waals surface area contributed by atoms with Gasteiger partial charge in [0.05, 0.1) is 6.54 Å². The first kappa shape index (κ1) is 19.5. The summed E-state index contributed by atoms with van der Waals surface area (Å²) in [5, 5.41) is 2.78. The lowest BCUT2D eigenvalue weighted by Gasteiger charge is -2.34. The molecule has 2 aromatic rings. The van der Waals surface area contributed by atoms with Gasteiger partial charge in [0, 0.05) is 25.3 Å². The van der Waals surface area contributed by atoms with E-state index in [1.54, 1.807) is 6.07 Å². The number of nitrogens with zero attached hydrogens (tertiary/aromatic N) is 2. The summed E-state index contributed by atoms with van der Waals surface area (Å²) in [7, 11) is -3.67. The minimum absolute atomic E-state index is 0.180. The molecule has 0 saturated carbocycles. The first-order chi connectivity index (χ1) is 12.8. The fourth-order valence-electron chi connectivity index (χ4n) is 3.24. The molecule has 0 unspecified atom stereocenters. The van der Waals surface area contributed by atoms with Crippen molar-refractivity contribution < 1.29 is 13.2 Å². The molecule has 0 radical (unpaired) electrons. The van der Waals surface area contributed by atoms with Crippen molar-refractivity contribution in [1.82, 2.24) is 8.61 Å². The van der Waals surface area contributed by atoms with E-state index in [0.29, 0.717) is 31.7 Å². The van der Waals surface area contributed by atoms with Crippen molar-refractivity contribution in [3.05, 3.63) is 65.2 Å². The second kappa shape index (κ2) is 8.21. The minimum atomic E-state index is -3.67. The van der Waals surface area contributed by atoms with Crippen LogP contribution in [0, 0.1) is 13.8 Å². The molecular weight excluding hydrogens is 362 g/mol. The second-order valence-corrected chi connectivity index (χ2v) is 8.86. The summed E-state index contributed by atoms with van der Waals surface area (Å²) in [4.78, 5) is 12.4. The summed E-state index contributed by atoms with van der Waals surface area (Å²) in [6, 6.07) is 15.3. The van der Waals surface area contributed by atoms with E-state index in [9.17, 15) is 13.2 Å². The lowest BCUT2D eigenvalue weighted by atomic mass is 10.1. The van der Waals surface area contributed by atoms with Crippen molar-refractivity contribution in [2.75, 3.05) is 25.0 Å². The molecule has 1 aliphatic rings. The SMILES string of the molecule is Cc1cccc(CN2CCCN(CC(=O)Nc3cccc(C)c3)S2(=O)=O)c1. The van der Waals surface area contributed by atoms with Crippen molar-refractivity contribution in [2.24, 2.45) is 0 Å². The van der Waals surface area contributed by atoms with Crippen molar-refractivity contribution >= 4 is 21.8 Å². The summed E-state index contributed by atoms with van der Waals surface area (Å²) in [6.07, 6.45) is 0.697. The Morgan fingerprint density at radius 1 is 1.00 bits per heavy atom. The molecule has 0 bridgehead atoms. The van der Waals surface area contributed by atoms with Crippen molar-refractivity contribution in [3.63, 3.8) is 0 Å². The van der Waals surface area contributed by atoms with Gasteiger partial charge in [-0.3, -0.25) is 4.79 Å². The maximum Gasteiger partial charge on any atom is 0.282 e. The molecule has 0 spiro atoms. The molecule has 1 fully saturated rings. The van der Waals surface area contributed by atoms with E-state index in [1.165, 1.54) is 8.61 Å². The molecule has 144 valence electrons. The van der Waals surface area contributed by atoms with Crippen LogP contribution in [0.25, 0.3) is 0 Å². The molecule has 3 rings (SSSR count). The van der Waals surface area contributed by atoms with Crippen LogP contribution < -0.4 is 5.32 Å². The van der Waals surface area contributed by atoms with Crippen LogP contribution in [0.5, 0.6) is 0 Å². The summed E-state index contributed by atoms with van der Waals surface area (Å²) < 4.78 is 28.5. The Balaban J connectivity index is 1.67. The maximum absolute atomic E-state index is 12.9. The van der Waals surface area contributed by atoms with Gasteiger partial charge in [0.25, 0.3) is 10.2 Å². The summed E-state index contributed by atoms with van der Waals surface area (Å²) in [5.41, 5.74) is 3.75. The Kier molecular flexibility index (Phi) is 5.94. The number of hydrogen-bond acceptors (Lipinski definition) is 3. The zero-order valence-electron chi connectivity index (χ0n) is 15.7. The number of amides is 1. The van der Waals surface area contributed by atoms with E-state index in [0.717, 1.165) is 16.7 Å². The largest absolute Gasteiger partial charge is 0.325 e. The van der Waals surface area contributed by atoms with Gasteiger partial charge in [-0.2, -0.15) is 17.0 Å². The van der Waals surface area contributed by atoms with Crippen LogP contribution in [0.3, 0.4) is 0 Å². The van der Waals surface area contributed by atoms with Crippen LogP contribution in [0.1, 0.15) is 23.1 Å². The Hall–Kier alpha value is -2.22. The molecule has 7 heteroatoms. The van der Waals surface area contributed by atoms with Gasteiger partial charge >= 0.3 is 0 Å². The average Bonchev–Trinajstić information content (AvgIpc) is 2.59. The van der Waals surface area contributed by atoms with Crippen LogP contribution >= 0.6 is 0 Å². The maximum atomic E-state index is 12.9. The highest BCUT2D eigenvalue weighted by Gasteiger charge is 2.34. The lowest BCUT2D eigenvalue weighted by Crippen LogP contribution is -2.51. The smallest absolute Gasteiger partial charge is 0.282 e. The molecule has 27 heavy (non-hydrogen) atoms. The fourth-order valence-corrected chi connectivity index (χ4v) is 4.88. The van der Waals surface area contributed by atoms with E-state index in [-0.39, 0.29) is 12.5 Å². The van der Waals surface area contributed by atoms with E-state index >= 15 is 0 Å². The van der Waals surface area contributed by atoms with E-state index in [2.05, 4.69) is 5.32 Å². The van der Waals surface area contributed by atoms with Gasteiger partial charge in [-0.25, -0.2) is 0 Å². The highest BCUT2D eigenvalue weighted by Crippen LogP contribution is 2.20. The molecule has 2 aromatic carbocycles. The molecule has 1 saturated heterocycles. The third kappa shape index (κ3) is 4.94.